The summed E-state index contributed by atoms with van der Waals surface area (Å²) in [6, 6.07) is 0. The van der Waals surface area contributed by atoms with Crippen molar-refractivity contribution in [2.75, 3.05) is 13.7 Å². The zero-order valence-electron chi connectivity index (χ0n) is 10.7. The Hall–Kier alpha value is -1.32. The summed E-state index contributed by atoms with van der Waals surface area (Å²) < 4.78 is 9.30. The molecule has 0 fully saturated rings. The summed E-state index contributed by atoms with van der Waals surface area (Å²) >= 11 is 0. The maximum atomic E-state index is 10.8. The lowest BCUT2D eigenvalue weighted by Crippen LogP contribution is -1.99. The SMILES string of the molecule is COC(=O)CCCCCCC=CCOC(C)=O. The highest BCUT2D eigenvalue weighted by atomic mass is 16.5. The first-order chi connectivity index (χ1) is 8.16. The van der Waals surface area contributed by atoms with Gasteiger partial charge in [0.1, 0.15) is 6.61 Å². The van der Waals surface area contributed by atoms with Crippen molar-refractivity contribution in [2.24, 2.45) is 0 Å². The number of methoxy groups -OCH3 is 1. The van der Waals surface area contributed by atoms with Crippen LogP contribution in [0.2, 0.25) is 0 Å². The van der Waals surface area contributed by atoms with Crippen LogP contribution in [0.1, 0.15) is 45.4 Å². The van der Waals surface area contributed by atoms with Crippen LogP contribution in [-0.4, -0.2) is 25.7 Å². The Kier molecular flexibility index (Phi) is 10.3. The number of unbranched alkanes of at least 4 members (excludes halogenated alkanes) is 4. The van der Waals surface area contributed by atoms with Crippen molar-refractivity contribution in [3.63, 3.8) is 0 Å². The van der Waals surface area contributed by atoms with Gasteiger partial charge in [0.15, 0.2) is 0 Å². The molecule has 0 atom stereocenters. The Labute approximate surface area is 103 Å². The van der Waals surface area contributed by atoms with Crippen molar-refractivity contribution in [3.05, 3.63) is 12.2 Å². The van der Waals surface area contributed by atoms with Crippen LogP contribution in [-0.2, 0) is 19.1 Å². The van der Waals surface area contributed by atoms with Crippen LogP contribution in [0.4, 0.5) is 0 Å². The van der Waals surface area contributed by atoms with E-state index < -0.39 is 0 Å². The van der Waals surface area contributed by atoms with E-state index in [9.17, 15) is 9.59 Å². The molecule has 4 heteroatoms. The summed E-state index contributed by atoms with van der Waals surface area (Å²) in [6.07, 6.45) is 9.51. The van der Waals surface area contributed by atoms with Crippen molar-refractivity contribution in [1.82, 2.24) is 0 Å². The number of rotatable bonds is 9. The van der Waals surface area contributed by atoms with Gasteiger partial charge in [0.05, 0.1) is 7.11 Å². The van der Waals surface area contributed by atoms with E-state index in [0.717, 1.165) is 32.1 Å². The largest absolute Gasteiger partial charge is 0.469 e. The average molecular weight is 242 g/mol. The van der Waals surface area contributed by atoms with Crippen LogP contribution in [0.3, 0.4) is 0 Å². The highest BCUT2D eigenvalue weighted by Gasteiger charge is 1.98. The van der Waals surface area contributed by atoms with Gasteiger partial charge in [-0.15, -0.1) is 0 Å². The van der Waals surface area contributed by atoms with E-state index in [1.807, 2.05) is 12.2 Å². The number of carbonyl (C=O) groups excluding carboxylic acids is 2. The van der Waals surface area contributed by atoms with Gasteiger partial charge in [0, 0.05) is 13.3 Å². The zero-order valence-corrected chi connectivity index (χ0v) is 10.7. The topological polar surface area (TPSA) is 52.6 Å². The molecule has 0 heterocycles. The van der Waals surface area contributed by atoms with E-state index in [0.29, 0.717) is 13.0 Å². The molecule has 0 radical (unpaired) electrons. The molecule has 98 valence electrons. The molecule has 0 rings (SSSR count). The molecule has 0 aromatic heterocycles. The van der Waals surface area contributed by atoms with E-state index in [1.165, 1.54) is 14.0 Å². The molecule has 0 aliphatic rings. The summed E-state index contributed by atoms with van der Waals surface area (Å²) in [5.41, 5.74) is 0. The minimum absolute atomic E-state index is 0.133. The van der Waals surface area contributed by atoms with Crippen LogP contribution < -0.4 is 0 Å². The molecule has 0 saturated heterocycles. The van der Waals surface area contributed by atoms with Gasteiger partial charge in [-0.1, -0.05) is 25.0 Å². The normalized spacial score (nSPS) is 10.5. The molecule has 4 nitrogen and oxygen atoms in total. The lowest BCUT2D eigenvalue weighted by molar-refractivity contribution is -0.141. The number of allylic oxidation sites excluding steroid dienone is 1. The quantitative estimate of drug-likeness (QED) is 0.354. The van der Waals surface area contributed by atoms with Crippen molar-refractivity contribution < 1.29 is 19.1 Å². The molecule has 0 amide bonds. The fraction of sp³-hybridized carbons (Fsp3) is 0.692. The van der Waals surface area contributed by atoms with Gasteiger partial charge in [-0.05, 0) is 19.3 Å². The van der Waals surface area contributed by atoms with Gasteiger partial charge in [-0.2, -0.15) is 0 Å². The maximum Gasteiger partial charge on any atom is 0.305 e. The van der Waals surface area contributed by atoms with Crippen molar-refractivity contribution in [1.29, 1.82) is 0 Å². The second-order valence-electron chi connectivity index (χ2n) is 3.80. The van der Waals surface area contributed by atoms with E-state index in [1.54, 1.807) is 0 Å². The molecule has 0 aromatic carbocycles. The Balaban J connectivity index is 3.18. The molecule has 0 spiro atoms. The number of ether oxygens (including phenoxy) is 2. The third kappa shape index (κ3) is 12.6. The van der Waals surface area contributed by atoms with Gasteiger partial charge >= 0.3 is 11.9 Å². The van der Waals surface area contributed by atoms with Gasteiger partial charge < -0.3 is 9.47 Å². The summed E-state index contributed by atoms with van der Waals surface area (Å²) in [7, 11) is 1.41. The molecule has 0 aromatic rings. The number of hydrogen-bond acceptors (Lipinski definition) is 4. The van der Waals surface area contributed by atoms with E-state index in [-0.39, 0.29) is 11.9 Å². The van der Waals surface area contributed by atoms with Crippen molar-refractivity contribution in [2.45, 2.75) is 45.4 Å². The monoisotopic (exact) mass is 242 g/mol. The smallest absolute Gasteiger partial charge is 0.305 e. The predicted molar refractivity (Wildman–Crippen MR) is 65.5 cm³/mol. The minimum atomic E-state index is -0.252. The summed E-state index contributed by atoms with van der Waals surface area (Å²) in [6.45, 7) is 1.76. The Morgan fingerprint density at radius 2 is 1.76 bits per heavy atom. The highest BCUT2D eigenvalue weighted by Crippen LogP contribution is 2.06. The lowest BCUT2D eigenvalue weighted by atomic mass is 10.1. The average Bonchev–Trinajstić information content (AvgIpc) is 2.30. The minimum Gasteiger partial charge on any atom is -0.469 e. The first-order valence-electron chi connectivity index (χ1n) is 6.02. The van der Waals surface area contributed by atoms with Gasteiger partial charge in [0.2, 0.25) is 0 Å². The highest BCUT2D eigenvalue weighted by molar-refractivity contribution is 5.68. The van der Waals surface area contributed by atoms with Crippen molar-refractivity contribution >= 4 is 11.9 Å². The molecular formula is C13H22O4. The van der Waals surface area contributed by atoms with Crippen molar-refractivity contribution in [3.8, 4) is 0 Å². The molecule has 0 saturated carbocycles. The Morgan fingerprint density at radius 3 is 2.41 bits per heavy atom. The predicted octanol–water partition coefficient (Wildman–Crippen LogP) is 2.62. The first kappa shape index (κ1) is 15.7. The summed E-state index contributed by atoms with van der Waals surface area (Å²) in [4.78, 5) is 21.2. The zero-order chi connectivity index (χ0) is 12.9. The fourth-order valence-corrected chi connectivity index (χ4v) is 1.34. The van der Waals surface area contributed by atoms with Crippen LogP contribution in [0.25, 0.3) is 0 Å². The van der Waals surface area contributed by atoms with Crippen LogP contribution in [0.5, 0.6) is 0 Å². The van der Waals surface area contributed by atoms with Crippen LogP contribution in [0.15, 0.2) is 12.2 Å². The first-order valence-corrected chi connectivity index (χ1v) is 6.02. The van der Waals surface area contributed by atoms with Gasteiger partial charge in [-0.3, -0.25) is 9.59 Å². The third-order valence-electron chi connectivity index (χ3n) is 2.28. The Morgan fingerprint density at radius 1 is 1.06 bits per heavy atom. The molecule has 0 N–H and O–H groups in total. The maximum absolute atomic E-state index is 10.8. The summed E-state index contributed by atoms with van der Waals surface area (Å²) in [5.74, 6) is -0.385. The molecular weight excluding hydrogens is 220 g/mol. The number of hydrogen-bond donors (Lipinski definition) is 0. The lowest BCUT2D eigenvalue weighted by Gasteiger charge is -1.99. The van der Waals surface area contributed by atoms with Crippen LogP contribution in [0, 0.1) is 0 Å². The second-order valence-corrected chi connectivity index (χ2v) is 3.80. The van der Waals surface area contributed by atoms with E-state index >= 15 is 0 Å². The third-order valence-corrected chi connectivity index (χ3v) is 2.28. The molecule has 17 heavy (non-hydrogen) atoms. The van der Waals surface area contributed by atoms with E-state index in [4.69, 9.17) is 4.74 Å². The molecule has 0 bridgehead atoms. The van der Waals surface area contributed by atoms with E-state index in [2.05, 4.69) is 4.74 Å². The second kappa shape index (κ2) is 11.2. The summed E-state index contributed by atoms with van der Waals surface area (Å²) in [5, 5.41) is 0. The van der Waals surface area contributed by atoms with Crippen LogP contribution >= 0.6 is 0 Å². The fourth-order valence-electron chi connectivity index (χ4n) is 1.34. The van der Waals surface area contributed by atoms with Gasteiger partial charge in [-0.25, -0.2) is 0 Å². The standard InChI is InChI=1S/C13H22O4/c1-12(14)17-11-9-7-5-3-4-6-8-10-13(15)16-2/h7,9H,3-6,8,10-11H2,1-2H3. The van der Waals surface area contributed by atoms with Gasteiger partial charge in [0.25, 0.3) is 0 Å². The number of carbonyl (C=O) groups is 2. The molecule has 0 aliphatic heterocycles. The Bertz CT molecular complexity index is 246. The molecule has 0 aliphatic carbocycles. The molecule has 0 unspecified atom stereocenters. The number of esters is 2.